The van der Waals surface area contributed by atoms with Crippen LogP contribution in [0.15, 0.2) is 61.2 Å². The van der Waals surface area contributed by atoms with Gasteiger partial charge in [0.25, 0.3) is 0 Å². The molecular weight excluding hydrogens is 254 g/mol. The number of rotatable bonds is 4. The molecule has 5 nitrogen and oxygen atoms in total. The van der Waals surface area contributed by atoms with Gasteiger partial charge in [-0.15, -0.1) is 0 Å². The summed E-state index contributed by atoms with van der Waals surface area (Å²) in [7, 11) is 0. The zero-order chi connectivity index (χ0) is 13.8. The van der Waals surface area contributed by atoms with Gasteiger partial charge in [0.15, 0.2) is 0 Å². The second-order valence-corrected chi connectivity index (χ2v) is 4.34. The summed E-state index contributed by atoms with van der Waals surface area (Å²) in [5, 5.41) is 13.3. The average Bonchev–Trinajstić information content (AvgIpc) is 2.95. The molecule has 0 aliphatic carbocycles. The molecule has 0 fully saturated rings. The zero-order valence-corrected chi connectivity index (χ0v) is 10.7. The van der Waals surface area contributed by atoms with Gasteiger partial charge >= 0.3 is 0 Å². The molecule has 3 rings (SSSR count). The van der Waals surface area contributed by atoms with Gasteiger partial charge < -0.3 is 9.84 Å². The van der Waals surface area contributed by atoms with Crippen LogP contribution in [0.1, 0.15) is 5.56 Å². The first-order chi connectivity index (χ1) is 9.79. The molecule has 0 radical (unpaired) electrons. The highest BCUT2D eigenvalue weighted by Gasteiger charge is 2.01. The number of aromatic hydroxyl groups is 1. The van der Waals surface area contributed by atoms with Crippen molar-refractivity contribution < 1.29 is 9.84 Å². The summed E-state index contributed by atoms with van der Waals surface area (Å²) in [6.07, 6.45) is 3.18. The second kappa shape index (κ2) is 5.44. The highest BCUT2D eigenvalue weighted by atomic mass is 16.5. The standard InChI is InChI=1S/C15H13N3O2/c19-13-4-6-14(7-5-13)20-15-3-1-2-12(8-15)9-18-11-16-10-17-18/h1-8,10-11,19H,9H2. The molecule has 0 atom stereocenters. The Morgan fingerprint density at radius 1 is 1.05 bits per heavy atom. The summed E-state index contributed by atoms with van der Waals surface area (Å²) in [4.78, 5) is 3.91. The first kappa shape index (κ1) is 12.2. The Bertz CT molecular complexity index is 679. The van der Waals surface area contributed by atoms with E-state index in [1.807, 2.05) is 24.3 Å². The number of phenols is 1. The van der Waals surface area contributed by atoms with Gasteiger partial charge in [0.1, 0.15) is 29.9 Å². The van der Waals surface area contributed by atoms with Crippen LogP contribution in [0, 0.1) is 0 Å². The van der Waals surface area contributed by atoms with Crippen LogP contribution in [-0.4, -0.2) is 19.9 Å². The molecule has 3 aromatic rings. The van der Waals surface area contributed by atoms with Gasteiger partial charge in [0, 0.05) is 0 Å². The Hall–Kier alpha value is -2.82. The maximum absolute atomic E-state index is 9.24. The summed E-state index contributed by atoms with van der Waals surface area (Å²) in [5.74, 6) is 1.64. The summed E-state index contributed by atoms with van der Waals surface area (Å²) < 4.78 is 7.49. The highest BCUT2D eigenvalue weighted by Crippen LogP contribution is 2.24. The molecule has 0 bridgehead atoms. The maximum Gasteiger partial charge on any atom is 0.137 e. The lowest BCUT2D eigenvalue weighted by Gasteiger charge is -2.08. The lowest BCUT2D eigenvalue weighted by Crippen LogP contribution is -1.99. The summed E-state index contributed by atoms with van der Waals surface area (Å²) >= 11 is 0. The van der Waals surface area contributed by atoms with Gasteiger partial charge in [0.2, 0.25) is 0 Å². The predicted molar refractivity (Wildman–Crippen MR) is 73.7 cm³/mol. The molecule has 2 aromatic carbocycles. The lowest BCUT2D eigenvalue weighted by atomic mass is 10.2. The second-order valence-electron chi connectivity index (χ2n) is 4.34. The first-order valence-corrected chi connectivity index (χ1v) is 6.18. The SMILES string of the molecule is Oc1ccc(Oc2cccc(Cn3cncn3)c2)cc1. The van der Waals surface area contributed by atoms with E-state index in [9.17, 15) is 5.11 Å². The number of phenolic OH excluding ortho intramolecular Hbond substituents is 1. The quantitative estimate of drug-likeness (QED) is 0.789. The van der Waals surface area contributed by atoms with Crippen molar-refractivity contribution in [2.24, 2.45) is 0 Å². The van der Waals surface area contributed by atoms with Crippen LogP contribution in [0.3, 0.4) is 0 Å². The number of hydrogen-bond acceptors (Lipinski definition) is 4. The Morgan fingerprint density at radius 2 is 1.90 bits per heavy atom. The van der Waals surface area contributed by atoms with Crippen LogP contribution in [-0.2, 0) is 6.54 Å². The van der Waals surface area contributed by atoms with Crippen molar-refractivity contribution in [1.29, 1.82) is 0 Å². The van der Waals surface area contributed by atoms with Crippen LogP contribution >= 0.6 is 0 Å². The third-order valence-electron chi connectivity index (χ3n) is 2.78. The molecule has 1 N–H and O–H groups in total. The van der Waals surface area contributed by atoms with Crippen molar-refractivity contribution in [1.82, 2.24) is 14.8 Å². The van der Waals surface area contributed by atoms with E-state index in [0.717, 1.165) is 11.3 Å². The monoisotopic (exact) mass is 267 g/mol. The molecule has 0 aliphatic heterocycles. The van der Waals surface area contributed by atoms with E-state index in [2.05, 4.69) is 10.1 Å². The van der Waals surface area contributed by atoms with Crippen molar-refractivity contribution in [3.8, 4) is 17.2 Å². The van der Waals surface area contributed by atoms with Crippen molar-refractivity contribution in [3.05, 3.63) is 66.7 Å². The van der Waals surface area contributed by atoms with Gasteiger partial charge in [0.05, 0.1) is 6.54 Å². The lowest BCUT2D eigenvalue weighted by molar-refractivity contribution is 0.464. The molecule has 5 heteroatoms. The van der Waals surface area contributed by atoms with Crippen LogP contribution in [0.5, 0.6) is 17.2 Å². The Balaban J connectivity index is 1.75. The number of nitrogens with zero attached hydrogens (tertiary/aromatic N) is 3. The maximum atomic E-state index is 9.24. The fraction of sp³-hybridized carbons (Fsp3) is 0.0667. The largest absolute Gasteiger partial charge is 0.508 e. The fourth-order valence-electron chi connectivity index (χ4n) is 1.86. The topological polar surface area (TPSA) is 60.2 Å². The summed E-state index contributed by atoms with van der Waals surface area (Å²) in [6, 6.07) is 14.4. The molecule has 0 amide bonds. The van der Waals surface area contributed by atoms with E-state index in [1.54, 1.807) is 35.3 Å². The van der Waals surface area contributed by atoms with E-state index in [-0.39, 0.29) is 5.75 Å². The van der Waals surface area contributed by atoms with Gasteiger partial charge in [-0.3, -0.25) is 0 Å². The average molecular weight is 267 g/mol. The minimum absolute atomic E-state index is 0.220. The predicted octanol–water partition coefficient (Wildman–Crippen LogP) is 2.82. The van der Waals surface area contributed by atoms with Gasteiger partial charge in [-0.25, -0.2) is 9.67 Å². The van der Waals surface area contributed by atoms with E-state index in [0.29, 0.717) is 12.3 Å². The Labute approximate surface area is 116 Å². The Morgan fingerprint density at radius 3 is 2.65 bits per heavy atom. The zero-order valence-electron chi connectivity index (χ0n) is 10.7. The molecule has 0 spiro atoms. The number of aromatic nitrogens is 3. The van der Waals surface area contributed by atoms with E-state index in [1.165, 1.54) is 6.33 Å². The number of ether oxygens (including phenoxy) is 1. The fourth-order valence-corrected chi connectivity index (χ4v) is 1.86. The summed E-state index contributed by atoms with van der Waals surface area (Å²) in [5.41, 5.74) is 1.08. The Kier molecular flexibility index (Phi) is 3.33. The third-order valence-corrected chi connectivity index (χ3v) is 2.78. The smallest absolute Gasteiger partial charge is 0.137 e. The molecule has 0 saturated carbocycles. The first-order valence-electron chi connectivity index (χ1n) is 6.18. The van der Waals surface area contributed by atoms with Crippen LogP contribution in [0.2, 0.25) is 0 Å². The van der Waals surface area contributed by atoms with Crippen LogP contribution < -0.4 is 4.74 Å². The molecule has 20 heavy (non-hydrogen) atoms. The van der Waals surface area contributed by atoms with Crippen LogP contribution in [0.25, 0.3) is 0 Å². The van der Waals surface area contributed by atoms with Crippen molar-refractivity contribution in [3.63, 3.8) is 0 Å². The van der Waals surface area contributed by atoms with Gasteiger partial charge in [-0.2, -0.15) is 5.10 Å². The van der Waals surface area contributed by atoms with E-state index in [4.69, 9.17) is 4.74 Å². The molecule has 0 unspecified atom stereocenters. The molecule has 0 aliphatic rings. The van der Waals surface area contributed by atoms with Gasteiger partial charge in [-0.05, 0) is 42.0 Å². The van der Waals surface area contributed by atoms with Crippen molar-refractivity contribution in [2.45, 2.75) is 6.54 Å². The molecule has 1 heterocycles. The third kappa shape index (κ3) is 2.95. The minimum Gasteiger partial charge on any atom is -0.508 e. The highest BCUT2D eigenvalue weighted by molar-refractivity contribution is 5.36. The normalized spacial score (nSPS) is 10.4. The summed E-state index contributed by atoms with van der Waals surface area (Å²) in [6.45, 7) is 0.646. The molecule has 100 valence electrons. The minimum atomic E-state index is 0.220. The molecule has 0 saturated heterocycles. The molecule has 1 aromatic heterocycles. The molecular formula is C15H13N3O2. The number of hydrogen-bond donors (Lipinski definition) is 1. The van der Waals surface area contributed by atoms with Crippen LogP contribution in [0.4, 0.5) is 0 Å². The van der Waals surface area contributed by atoms with Gasteiger partial charge in [-0.1, -0.05) is 12.1 Å². The van der Waals surface area contributed by atoms with Crippen molar-refractivity contribution in [2.75, 3.05) is 0 Å². The van der Waals surface area contributed by atoms with E-state index >= 15 is 0 Å². The van der Waals surface area contributed by atoms with Crippen molar-refractivity contribution >= 4 is 0 Å². The number of benzene rings is 2. The van der Waals surface area contributed by atoms with E-state index < -0.39 is 0 Å².